The lowest BCUT2D eigenvalue weighted by atomic mass is 10.1. The Morgan fingerprint density at radius 1 is 1.00 bits per heavy atom. The van der Waals surface area contributed by atoms with E-state index < -0.39 is 10.0 Å². The van der Waals surface area contributed by atoms with E-state index in [1.807, 2.05) is 12.1 Å². The van der Waals surface area contributed by atoms with Crippen LogP contribution in [0.1, 0.15) is 5.56 Å². The average Bonchev–Trinajstić information content (AvgIpc) is 2.40. The van der Waals surface area contributed by atoms with E-state index in [4.69, 9.17) is 28.9 Å². The van der Waals surface area contributed by atoms with Crippen molar-refractivity contribution < 1.29 is 8.42 Å². The van der Waals surface area contributed by atoms with Crippen molar-refractivity contribution in [3.63, 3.8) is 0 Å². The van der Waals surface area contributed by atoms with Crippen molar-refractivity contribution in [1.29, 1.82) is 0 Å². The molecule has 0 fully saturated rings. The van der Waals surface area contributed by atoms with Crippen molar-refractivity contribution in [1.82, 2.24) is 4.72 Å². The van der Waals surface area contributed by atoms with Gasteiger partial charge in [-0.25, -0.2) is 13.1 Å². The molecule has 0 aliphatic rings. The highest BCUT2D eigenvalue weighted by atomic mass is 35.5. The highest BCUT2D eigenvalue weighted by Gasteiger charge is 2.20. The fraction of sp³-hybridized carbons (Fsp3) is 0.143. The molecule has 0 bridgehead atoms. The lowest BCUT2D eigenvalue weighted by Gasteiger charge is -2.10. The van der Waals surface area contributed by atoms with Gasteiger partial charge in [-0.3, -0.25) is 0 Å². The van der Waals surface area contributed by atoms with Gasteiger partial charge >= 0.3 is 0 Å². The van der Waals surface area contributed by atoms with Crippen LogP contribution in [0.4, 0.5) is 5.69 Å². The minimum atomic E-state index is -3.74. The van der Waals surface area contributed by atoms with Crippen molar-refractivity contribution in [2.24, 2.45) is 0 Å². The third-order valence-electron chi connectivity index (χ3n) is 2.87. The van der Waals surface area contributed by atoms with Gasteiger partial charge in [0.25, 0.3) is 0 Å². The fourth-order valence-electron chi connectivity index (χ4n) is 1.83. The van der Waals surface area contributed by atoms with Gasteiger partial charge in [-0.15, -0.1) is 0 Å². The summed E-state index contributed by atoms with van der Waals surface area (Å²) in [6, 6.07) is 11.8. The zero-order valence-corrected chi connectivity index (χ0v) is 13.3. The van der Waals surface area contributed by atoms with Crippen LogP contribution in [0, 0.1) is 0 Å². The van der Waals surface area contributed by atoms with Crippen LogP contribution in [0.5, 0.6) is 0 Å². The van der Waals surface area contributed by atoms with E-state index in [1.54, 1.807) is 18.2 Å². The number of hydrogen-bond acceptors (Lipinski definition) is 3. The highest BCUT2D eigenvalue weighted by Crippen LogP contribution is 2.28. The summed E-state index contributed by atoms with van der Waals surface area (Å²) in [4.78, 5) is -0.0920. The summed E-state index contributed by atoms with van der Waals surface area (Å²) in [5, 5.41) is 0.199. The first kappa shape index (κ1) is 16.1. The predicted molar refractivity (Wildman–Crippen MR) is 86.2 cm³/mol. The number of anilines is 1. The Kier molecular flexibility index (Phi) is 5.11. The first-order chi connectivity index (χ1) is 9.90. The van der Waals surface area contributed by atoms with Gasteiger partial charge in [0.15, 0.2) is 0 Å². The van der Waals surface area contributed by atoms with Crippen LogP contribution in [0.25, 0.3) is 0 Å². The number of rotatable bonds is 5. The normalized spacial score (nSPS) is 11.5. The molecule has 2 aromatic carbocycles. The molecule has 0 radical (unpaired) electrons. The van der Waals surface area contributed by atoms with Crippen molar-refractivity contribution in [2.75, 3.05) is 12.3 Å². The lowest BCUT2D eigenvalue weighted by Crippen LogP contribution is -2.26. The average molecular weight is 345 g/mol. The molecule has 112 valence electrons. The van der Waals surface area contributed by atoms with Gasteiger partial charge in [0.2, 0.25) is 10.0 Å². The number of benzene rings is 2. The van der Waals surface area contributed by atoms with Gasteiger partial charge in [0, 0.05) is 12.2 Å². The number of nitrogen functional groups attached to an aromatic ring is 1. The molecule has 0 unspecified atom stereocenters. The SMILES string of the molecule is Nc1ccc(CCNS(=O)(=O)c2c(Cl)cccc2Cl)cc1. The molecule has 3 N–H and O–H groups in total. The standard InChI is InChI=1S/C14H14Cl2N2O2S/c15-12-2-1-3-13(16)14(12)21(19,20)18-9-8-10-4-6-11(17)7-5-10/h1-7,18H,8-9,17H2. The second kappa shape index (κ2) is 6.66. The predicted octanol–water partition coefficient (Wildman–Crippen LogP) is 3.10. The van der Waals surface area contributed by atoms with Crippen LogP contribution in [0.3, 0.4) is 0 Å². The monoisotopic (exact) mass is 344 g/mol. The van der Waals surface area contributed by atoms with E-state index in [0.29, 0.717) is 12.1 Å². The molecule has 4 nitrogen and oxygen atoms in total. The van der Waals surface area contributed by atoms with Gasteiger partial charge in [-0.2, -0.15) is 0 Å². The summed E-state index contributed by atoms with van der Waals surface area (Å²) in [5.41, 5.74) is 7.25. The molecule has 0 heterocycles. The summed E-state index contributed by atoms with van der Waals surface area (Å²) in [7, 11) is -3.74. The quantitative estimate of drug-likeness (QED) is 0.818. The maximum Gasteiger partial charge on any atom is 0.243 e. The van der Waals surface area contributed by atoms with Gasteiger partial charge in [-0.1, -0.05) is 41.4 Å². The molecule has 2 rings (SSSR count). The molecule has 0 aliphatic heterocycles. The van der Waals surface area contributed by atoms with E-state index in [-0.39, 0.29) is 21.5 Å². The highest BCUT2D eigenvalue weighted by molar-refractivity contribution is 7.89. The molecule has 0 aromatic heterocycles. The lowest BCUT2D eigenvalue weighted by molar-refractivity contribution is 0.582. The Morgan fingerprint density at radius 2 is 1.57 bits per heavy atom. The Hall–Kier alpha value is -1.27. The minimum absolute atomic E-state index is 0.0920. The van der Waals surface area contributed by atoms with Crippen molar-refractivity contribution in [2.45, 2.75) is 11.3 Å². The molecule has 0 saturated heterocycles. The van der Waals surface area contributed by atoms with Crippen LogP contribution in [0.2, 0.25) is 10.0 Å². The van der Waals surface area contributed by atoms with E-state index in [9.17, 15) is 8.42 Å². The molecule has 21 heavy (non-hydrogen) atoms. The van der Waals surface area contributed by atoms with Gasteiger partial charge in [0.05, 0.1) is 10.0 Å². The maximum absolute atomic E-state index is 12.2. The summed E-state index contributed by atoms with van der Waals surface area (Å²) >= 11 is 11.8. The summed E-state index contributed by atoms with van der Waals surface area (Å²) in [6.45, 7) is 0.244. The Morgan fingerprint density at radius 3 is 2.14 bits per heavy atom. The minimum Gasteiger partial charge on any atom is -0.399 e. The van der Waals surface area contributed by atoms with Crippen LogP contribution in [-0.4, -0.2) is 15.0 Å². The Bertz CT molecular complexity index is 711. The number of sulfonamides is 1. The van der Waals surface area contributed by atoms with E-state index in [1.165, 1.54) is 12.1 Å². The summed E-state index contributed by atoms with van der Waals surface area (Å²) in [5.74, 6) is 0. The topological polar surface area (TPSA) is 72.2 Å². The largest absolute Gasteiger partial charge is 0.399 e. The third kappa shape index (κ3) is 4.11. The van der Waals surface area contributed by atoms with E-state index >= 15 is 0 Å². The van der Waals surface area contributed by atoms with Gasteiger partial charge in [0.1, 0.15) is 4.90 Å². The molecule has 0 amide bonds. The molecule has 2 aromatic rings. The summed E-state index contributed by atoms with van der Waals surface area (Å²) in [6.07, 6.45) is 0.543. The van der Waals surface area contributed by atoms with Crippen molar-refractivity contribution in [3.05, 3.63) is 58.1 Å². The second-order valence-electron chi connectivity index (χ2n) is 4.44. The van der Waals surface area contributed by atoms with Gasteiger partial charge < -0.3 is 5.73 Å². The van der Waals surface area contributed by atoms with E-state index in [2.05, 4.69) is 4.72 Å². The van der Waals surface area contributed by atoms with Gasteiger partial charge in [-0.05, 0) is 36.2 Å². The molecule has 0 atom stereocenters. The van der Waals surface area contributed by atoms with Crippen LogP contribution >= 0.6 is 23.2 Å². The molecule has 0 saturated carbocycles. The van der Waals surface area contributed by atoms with E-state index in [0.717, 1.165) is 5.56 Å². The second-order valence-corrected chi connectivity index (χ2v) is 6.96. The molecular formula is C14H14Cl2N2O2S. The molecule has 7 heteroatoms. The van der Waals surface area contributed by atoms with Crippen LogP contribution in [0.15, 0.2) is 47.4 Å². The molecule has 0 aliphatic carbocycles. The maximum atomic E-state index is 12.2. The molecule has 0 spiro atoms. The zero-order chi connectivity index (χ0) is 15.5. The summed E-state index contributed by atoms with van der Waals surface area (Å²) < 4.78 is 26.9. The number of nitrogens with one attached hydrogen (secondary N) is 1. The first-order valence-electron chi connectivity index (χ1n) is 6.18. The van der Waals surface area contributed by atoms with Crippen molar-refractivity contribution in [3.8, 4) is 0 Å². The number of nitrogens with two attached hydrogens (primary N) is 1. The Labute approximate surface area is 133 Å². The van der Waals surface area contributed by atoms with Crippen molar-refractivity contribution >= 4 is 38.9 Å². The zero-order valence-electron chi connectivity index (χ0n) is 11.0. The molecular weight excluding hydrogens is 331 g/mol. The first-order valence-corrected chi connectivity index (χ1v) is 8.42. The Balaban J connectivity index is 2.07. The fourth-order valence-corrected chi connectivity index (χ4v) is 4.00. The number of halogens is 2. The van der Waals surface area contributed by atoms with Crippen LogP contribution in [-0.2, 0) is 16.4 Å². The smallest absolute Gasteiger partial charge is 0.243 e. The van der Waals surface area contributed by atoms with Crippen LogP contribution < -0.4 is 10.5 Å². The number of hydrogen-bond donors (Lipinski definition) is 2. The third-order valence-corrected chi connectivity index (χ3v) is 5.29.